The van der Waals surface area contributed by atoms with E-state index in [1.807, 2.05) is 25.1 Å². The van der Waals surface area contributed by atoms with Gasteiger partial charge in [0.25, 0.3) is 0 Å². The van der Waals surface area contributed by atoms with Crippen molar-refractivity contribution in [2.24, 2.45) is 5.41 Å². The molecule has 1 aromatic heterocycles. The van der Waals surface area contributed by atoms with E-state index in [-0.39, 0.29) is 11.3 Å². The van der Waals surface area contributed by atoms with Gasteiger partial charge in [-0.2, -0.15) is 5.10 Å². The number of H-pyrrole nitrogens is 1. The number of carbonyl (C=O) groups is 1. The second-order valence-electron chi connectivity index (χ2n) is 4.75. The third-order valence-electron chi connectivity index (χ3n) is 3.61. The predicted molar refractivity (Wildman–Crippen MR) is 68.3 cm³/mol. The summed E-state index contributed by atoms with van der Waals surface area (Å²) in [5, 5.41) is 10.8. The van der Waals surface area contributed by atoms with Crippen LogP contribution >= 0.6 is 0 Å². The van der Waals surface area contributed by atoms with Crippen molar-refractivity contribution in [3.63, 3.8) is 0 Å². The van der Waals surface area contributed by atoms with Crippen LogP contribution in [0.15, 0.2) is 24.4 Å². The van der Waals surface area contributed by atoms with Crippen LogP contribution in [0.1, 0.15) is 13.3 Å². The number of amides is 1. The average Bonchev–Trinajstić information content (AvgIpc) is 2.75. The molecule has 1 fully saturated rings. The lowest BCUT2D eigenvalue weighted by Crippen LogP contribution is -2.51. The van der Waals surface area contributed by atoms with Gasteiger partial charge in [0, 0.05) is 11.1 Å². The van der Waals surface area contributed by atoms with Crippen LogP contribution in [0.2, 0.25) is 0 Å². The Morgan fingerprint density at radius 2 is 2.39 bits per heavy atom. The highest BCUT2D eigenvalue weighted by Gasteiger charge is 2.44. The molecule has 0 bridgehead atoms. The zero-order valence-corrected chi connectivity index (χ0v) is 10.2. The summed E-state index contributed by atoms with van der Waals surface area (Å²) >= 11 is 0. The van der Waals surface area contributed by atoms with Gasteiger partial charge in [0.1, 0.15) is 0 Å². The predicted octanol–water partition coefficient (Wildman–Crippen LogP) is 1.93. The van der Waals surface area contributed by atoms with E-state index in [4.69, 9.17) is 4.74 Å². The number of carbonyl (C=O) groups excluding carboxylic acids is 1. The number of aromatic nitrogens is 2. The van der Waals surface area contributed by atoms with Crippen LogP contribution in [-0.2, 0) is 9.53 Å². The number of hydrogen-bond acceptors (Lipinski definition) is 3. The molecule has 1 amide bonds. The van der Waals surface area contributed by atoms with Crippen LogP contribution in [0.5, 0.6) is 0 Å². The summed E-state index contributed by atoms with van der Waals surface area (Å²) in [5.41, 5.74) is 1.36. The molecule has 2 aromatic rings. The maximum Gasteiger partial charge on any atom is 0.235 e. The molecule has 3 rings (SSSR count). The zero-order chi connectivity index (χ0) is 12.6. The molecule has 0 spiro atoms. The number of anilines is 1. The number of benzene rings is 1. The Morgan fingerprint density at radius 1 is 1.56 bits per heavy atom. The van der Waals surface area contributed by atoms with E-state index in [1.54, 1.807) is 6.20 Å². The second kappa shape index (κ2) is 4.10. The van der Waals surface area contributed by atoms with E-state index in [0.717, 1.165) is 23.0 Å². The number of rotatable bonds is 3. The number of fused-ring (bicyclic) bond motifs is 1. The monoisotopic (exact) mass is 245 g/mol. The smallest absolute Gasteiger partial charge is 0.235 e. The van der Waals surface area contributed by atoms with Crippen molar-refractivity contribution in [1.29, 1.82) is 0 Å². The van der Waals surface area contributed by atoms with E-state index in [2.05, 4.69) is 15.5 Å². The van der Waals surface area contributed by atoms with Crippen molar-refractivity contribution in [3.8, 4) is 0 Å². The molecule has 1 saturated heterocycles. The fourth-order valence-electron chi connectivity index (χ4n) is 2.12. The van der Waals surface area contributed by atoms with Crippen molar-refractivity contribution in [3.05, 3.63) is 24.4 Å². The first-order valence-electron chi connectivity index (χ1n) is 6.06. The highest BCUT2D eigenvalue weighted by atomic mass is 16.5. The van der Waals surface area contributed by atoms with Gasteiger partial charge in [0.15, 0.2) is 0 Å². The van der Waals surface area contributed by atoms with E-state index >= 15 is 0 Å². The number of aromatic amines is 1. The summed E-state index contributed by atoms with van der Waals surface area (Å²) in [6, 6.07) is 5.71. The van der Waals surface area contributed by atoms with Crippen LogP contribution in [0.4, 0.5) is 5.69 Å². The van der Waals surface area contributed by atoms with Crippen LogP contribution in [0, 0.1) is 5.41 Å². The summed E-state index contributed by atoms with van der Waals surface area (Å²) in [7, 11) is 0. The highest BCUT2D eigenvalue weighted by molar-refractivity contribution is 5.97. The Morgan fingerprint density at radius 3 is 3.06 bits per heavy atom. The number of ether oxygens (including phenoxy) is 1. The van der Waals surface area contributed by atoms with Crippen LogP contribution in [-0.4, -0.2) is 29.3 Å². The van der Waals surface area contributed by atoms with Gasteiger partial charge >= 0.3 is 0 Å². The quantitative estimate of drug-likeness (QED) is 0.868. The molecular formula is C13H15N3O2. The molecule has 1 aliphatic rings. The molecule has 5 heteroatoms. The molecule has 0 unspecified atom stereocenters. The Bertz CT molecular complexity index is 581. The zero-order valence-electron chi connectivity index (χ0n) is 10.2. The van der Waals surface area contributed by atoms with E-state index in [0.29, 0.717) is 13.2 Å². The summed E-state index contributed by atoms with van der Waals surface area (Å²) in [4.78, 5) is 12.2. The molecule has 5 nitrogen and oxygen atoms in total. The van der Waals surface area contributed by atoms with Crippen LogP contribution in [0.25, 0.3) is 10.9 Å². The highest BCUT2D eigenvalue weighted by Crippen LogP contribution is 2.32. The maximum atomic E-state index is 12.2. The van der Waals surface area contributed by atoms with Crippen molar-refractivity contribution in [2.75, 3.05) is 18.5 Å². The summed E-state index contributed by atoms with van der Waals surface area (Å²) in [5.74, 6) is 0.0371. The number of nitrogens with zero attached hydrogens (tertiary/aromatic N) is 1. The molecule has 0 saturated carbocycles. The molecule has 0 atom stereocenters. The van der Waals surface area contributed by atoms with Gasteiger partial charge in [0.05, 0.1) is 30.3 Å². The second-order valence-corrected chi connectivity index (χ2v) is 4.75. The van der Waals surface area contributed by atoms with E-state index in [1.165, 1.54) is 0 Å². The summed E-state index contributed by atoms with van der Waals surface area (Å²) in [6.07, 6.45) is 2.55. The van der Waals surface area contributed by atoms with Crippen molar-refractivity contribution in [2.45, 2.75) is 13.3 Å². The first-order valence-corrected chi connectivity index (χ1v) is 6.06. The van der Waals surface area contributed by atoms with Gasteiger partial charge in [-0.25, -0.2) is 0 Å². The van der Waals surface area contributed by atoms with Crippen LogP contribution in [0.3, 0.4) is 0 Å². The third-order valence-corrected chi connectivity index (χ3v) is 3.61. The molecule has 0 radical (unpaired) electrons. The molecule has 18 heavy (non-hydrogen) atoms. The summed E-state index contributed by atoms with van der Waals surface area (Å²) < 4.78 is 5.17. The van der Waals surface area contributed by atoms with Crippen molar-refractivity contribution in [1.82, 2.24) is 10.2 Å². The lowest BCUT2D eigenvalue weighted by molar-refractivity contribution is -0.156. The molecular weight excluding hydrogens is 230 g/mol. The largest absolute Gasteiger partial charge is 0.379 e. The summed E-state index contributed by atoms with van der Waals surface area (Å²) in [6.45, 7) is 3.05. The first-order chi connectivity index (χ1) is 8.73. The molecule has 1 aromatic carbocycles. The van der Waals surface area contributed by atoms with E-state index < -0.39 is 0 Å². The van der Waals surface area contributed by atoms with Crippen molar-refractivity contribution >= 4 is 22.5 Å². The van der Waals surface area contributed by atoms with Gasteiger partial charge in [0.2, 0.25) is 5.91 Å². The van der Waals surface area contributed by atoms with Gasteiger partial charge in [-0.15, -0.1) is 0 Å². The van der Waals surface area contributed by atoms with E-state index in [9.17, 15) is 4.79 Å². The van der Waals surface area contributed by atoms with Gasteiger partial charge < -0.3 is 10.1 Å². The fraction of sp³-hybridized carbons (Fsp3) is 0.385. The van der Waals surface area contributed by atoms with Gasteiger partial charge in [-0.05, 0) is 24.6 Å². The number of hydrogen-bond donors (Lipinski definition) is 2. The minimum absolute atomic E-state index is 0.0371. The SMILES string of the molecule is CCC1(C(=O)Nc2ccc3cn[nH]c3c2)COC1. The first kappa shape index (κ1) is 11.2. The molecule has 2 heterocycles. The normalized spacial score (nSPS) is 17.4. The molecule has 0 aliphatic carbocycles. The molecule has 94 valence electrons. The lowest BCUT2D eigenvalue weighted by atomic mass is 9.82. The Hall–Kier alpha value is -1.88. The standard InChI is InChI=1S/C13H15N3O2/c1-2-13(7-18-8-13)12(17)15-10-4-3-9-6-14-16-11(9)5-10/h3-6H,2,7-8H2,1H3,(H,14,16)(H,15,17). The number of nitrogens with one attached hydrogen (secondary N) is 2. The van der Waals surface area contributed by atoms with Crippen LogP contribution < -0.4 is 5.32 Å². The maximum absolute atomic E-state index is 12.2. The topological polar surface area (TPSA) is 67.0 Å². The minimum Gasteiger partial charge on any atom is -0.379 e. The lowest BCUT2D eigenvalue weighted by Gasteiger charge is -2.38. The average molecular weight is 245 g/mol. The van der Waals surface area contributed by atoms with Gasteiger partial charge in [-0.1, -0.05) is 6.92 Å². The Balaban J connectivity index is 1.81. The Kier molecular flexibility index (Phi) is 2.56. The van der Waals surface area contributed by atoms with Crippen molar-refractivity contribution < 1.29 is 9.53 Å². The third kappa shape index (κ3) is 1.67. The fourth-order valence-corrected chi connectivity index (χ4v) is 2.12. The molecule has 2 N–H and O–H groups in total. The minimum atomic E-state index is -0.344. The molecule has 1 aliphatic heterocycles. The Labute approximate surface area is 105 Å². The van der Waals surface area contributed by atoms with Gasteiger partial charge in [-0.3, -0.25) is 9.89 Å².